The smallest absolute Gasteiger partial charge is 0.270 e. The third kappa shape index (κ3) is 5.73. The van der Waals surface area contributed by atoms with Gasteiger partial charge in [0.15, 0.2) is 0 Å². The summed E-state index contributed by atoms with van der Waals surface area (Å²) in [6.45, 7) is 5.17. The van der Waals surface area contributed by atoms with Gasteiger partial charge < -0.3 is 10.1 Å². The summed E-state index contributed by atoms with van der Waals surface area (Å²) < 4.78 is 18.4. The van der Waals surface area contributed by atoms with E-state index in [0.717, 1.165) is 24.0 Å². The highest BCUT2D eigenvalue weighted by Gasteiger charge is 2.30. The molecule has 2 N–H and O–H groups in total. The number of benzene rings is 1. The lowest BCUT2D eigenvalue weighted by molar-refractivity contribution is -0.117. The Morgan fingerprint density at radius 1 is 1.28 bits per heavy atom. The first-order chi connectivity index (χ1) is 13.8. The predicted octanol–water partition coefficient (Wildman–Crippen LogP) is 3.36. The fourth-order valence-corrected chi connectivity index (χ4v) is 2.77. The molecule has 29 heavy (non-hydrogen) atoms. The Morgan fingerprint density at radius 3 is 2.69 bits per heavy atom. The van der Waals surface area contributed by atoms with Crippen LogP contribution < -0.4 is 15.4 Å². The van der Waals surface area contributed by atoms with Gasteiger partial charge in [-0.25, -0.2) is 14.4 Å². The fourth-order valence-electron chi connectivity index (χ4n) is 2.77. The Balaban J connectivity index is 1.62. The van der Waals surface area contributed by atoms with E-state index in [1.54, 1.807) is 6.07 Å². The molecule has 2 atom stereocenters. The van der Waals surface area contributed by atoms with Crippen molar-refractivity contribution in [2.75, 3.05) is 11.9 Å². The Labute approximate surface area is 169 Å². The van der Waals surface area contributed by atoms with Crippen LogP contribution in [0.5, 0.6) is 5.75 Å². The summed E-state index contributed by atoms with van der Waals surface area (Å²) in [5, 5.41) is 5.52. The predicted molar refractivity (Wildman–Crippen MR) is 107 cm³/mol. The van der Waals surface area contributed by atoms with Gasteiger partial charge in [0.05, 0.1) is 6.04 Å². The summed E-state index contributed by atoms with van der Waals surface area (Å²) in [5.74, 6) is 0.284. The van der Waals surface area contributed by atoms with Crippen LogP contribution in [0.25, 0.3) is 0 Å². The van der Waals surface area contributed by atoms with Crippen LogP contribution in [0.15, 0.2) is 30.5 Å². The number of ether oxygens (including phenoxy) is 1. The molecule has 0 radical (unpaired) electrons. The number of anilines is 1. The molecule has 154 valence electrons. The molecule has 8 heteroatoms. The molecule has 2 aromatic rings. The van der Waals surface area contributed by atoms with Crippen molar-refractivity contribution in [3.05, 3.63) is 47.3 Å². The van der Waals surface area contributed by atoms with E-state index in [9.17, 15) is 14.0 Å². The standard InChI is InChI=1S/C21H25FN4O3/c1-12-10-16(6-7-18(12)29-11-13(2)22)14(3)24-20(28)17-8-9-23-21(25-17)26-19(27)15-4-5-15/h6-10,13-15H,4-5,11H2,1-3H3,(H,24,28)(H,23,25,26,27)/t13-,14?/m1/s1. The zero-order chi connectivity index (χ0) is 21.0. The van der Waals surface area contributed by atoms with E-state index in [4.69, 9.17) is 4.74 Å². The molecule has 0 saturated heterocycles. The molecular formula is C21H25FN4O3. The van der Waals surface area contributed by atoms with Gasteiger partial charge >= 0.3 is 0 Å². The molecule has 1 saturated carbocycles. The van der Waals surface area contributed by atoms with Crippen LogP contribution in [-0.4, -0.2) is 34.6 Å². The van der Waals surface area contributed by atoms with Gasteiger partial charge in [-0.15, -0.1) is 0 Å². The van der Waals surface area contributed by atoms with Crippen molar-refractivity contribution < 1.29 is 18.7 Å². The summed E-state index contributed by atoms with van der Waals surface area (Å²) in [6.07, 6.45) is 2.15. The maximum Gasteiger partial charge on any atom is 0.270 e. The van der Waals surface area contributed by atoms with Gasteiger partial charge in [0.2, 0.25) is 11.9 Å². The van der Waals surface area contributed by atoms with Crippen LogP contribution in [0.1, 0.15) is 54.3 Å². The molecule has 1 aliphatic carbocycles. The topological polar surface area (TPSA) is 93.2 Å². The zero-order valence-electron chi connectivity index (χ0n) is 16.7. The number of carbonyl (C=O) groups is 2. The third-order valence-electron chi connectivity index (χ3n) is 4.59. The molecule has 1 fully saturated rings. The number of hydrogen-bond donors (Lipinski definition) is 2. The van der Waals surface area contributed by atoms with Crippen molar-refractivity contribution in [2.24, 2.45) is 5.92 Å². The number of hydrogen-bond acceptors (Lipinski definition) is 5. The quantitative estimate of drug-likeness (QED) is 0.709. The average Bonchev–Trinajstić information content (AvgIpc) is 3.52. The Bertz CT molecular complexity index is 899. The second kappa shape index (κ2) is 8.98. The number of halogens is 1. The minimum atomic E-state index is -1.04. The van der Waals surface area contributed by atoms with Crippen molar-refractivity contribution >= 4 is 17.8 Å². The maximum atomic E-state index is 13.0. The van der Waals surface area contributed by atoms with Gasteiger partial charge in [-0.3, -0.25) is 14.9 Å². The van der Waals surface area contributed by atoms with Crippen LogP contribution in [0, 0.1) is 12.8 Å². The molecule has 7 nitrogen and oxygen atoms in total. The molecule has 1 aliphatic rings. The van der Waals surface area contributed by atoms with E-state index in [2.05, 4.69) is 20.6 Å². The van der Waals surface area contributed by atoms with Crippen molar-refractivity contribution in [3.8, 4) is 5.75 Å². The molecule has 1 heterocycles. The lowest BCUT2D eigenvalue weighted by Gasteiger charge is -2.17. The number of nitrogens with zero attached hydrogens (tertiary/aromatic N) is 2. The third-order valence-corrected chi connectivity index (χ3v) is 4.59. The summed E-state index contributed by atoms with van der Waals surface area (Å²) >= 11 is 0. The second-order valence-electron chi connectivity index (χ2n) is 7.34. The first kappa shape index (κ1) is 20.7. The molecule has 1 aromatic carbocycles. The Morgan fingerprint density at radius 2 is 2.03 bits per heavy atom. The van der Waals surface area contributed by atoms with Crippen molar-refractivity contribution in [2.45, 2.75) is 45.8 Å². The summed E-state index contributed by atoms with van der Waals surface area (Å²) in [4.78, 5) is 32.5. The SMILES string of the molecule is Cc1cc(C(C)NC(=O)c2ccnc(NC(=O)C3CC3)n2)ccc1OC[C@@H](C)F. The van der Waals surface area contributed by atoms with E-state index in [-0.39, 0.29) is 42.0 Å². The normalized spacial score (nSPS) is 15.3. The van der Waals surface area contributed by atoms with Crippen molar-refractivity contribution in [1.29, 1.82) is 0 Å². The fraction of sp³-hybridized carbons (Fsp3) is 0.429. The van der Waals surface area contributed by atoms with E-state index in [0.29, 0.717) is 5.75 Å². The van der Waals surface area contributed by atoms with Gasteiger partial charge in [0.1, 0.15) is 24.2 Å². The van der Waals surface area contributed by atoms with Crippen LogP contribution in [-0.2, 0) is 4.79 Å². The van der Waals surface area contributed by atoms with E-state index in [1.807, 2.05) is 26.0 Å². The molecule has 1 aromatic heterocycles. The molecule has 2 amide bonds. The monoisotopic (exact) mass is 400 g/mol. The van der Waals surface area contributed by atoms with Crippen LogP contribution in [0.4, 0.5) is 10.3 Å². The highest BCUT2D eigenvalue weighted by atomic mass is 19.1. The van der Waals surface area contributed by atoms with Gasteiger partial charge in [-0.05, 0) is 56.9 Å². The maximum absolute atomic E-state index is 13.0. The van der Waals surface area contributed by atoms with E-state index < -0.39 is 6.17 Å². The molecular weight excluding hydrogens is 375 g/mol. The number of amides is 2. The Hall–Kier alpha value is -3.03. The minimum absolute atomic E-state index is 0.000192. The summed E-state index contributed by atoms with van der Waals surface area (Å²) in [5.41, 5.74) is 1.91. The van der Waals surface area contributed by atoms with Crippen molar-refractivity contribution in [1.82, 2.24) is 15.3 Å². The molecule has 0 bridgehead atoms. The highest BCUT2D eigenvalue weighted by Crippen LogP contribution is 2.29. The molecule has 1 unspecified atom stereocenters. The van der Waals surface area contributed by atoms with E-state index in [1.165, 1.54) is 19.2 Å². The highest BCUT2D eigenvalue weighted by molar-refractivity contribution is 5.95. The van der Waals surface area contributed by atoms with Crippen LogP contribution >= 0.6 is 0 Å². The lowest BCUT2D eigenvalue weighted by atomic mass is 10.0. The summed E-state index contributed by atoms with van der Waals surface area (Å²) in [6, 6.07) is 6.71. The number of aryl methyl sites for hydroxylation is 1. The lowest BCUT2D eigenvalue weighted by Crippen LogP contribution is -2.28. The first-order valence-corrected chi connectivity index (χ1v) is 9.65. The second-order valence-corrected chi connectivity index (χ2v) is 7.34. The largest absolute Gasteiger partial charge is 0.490 e. The van der Waals surface area contributed by atoms with Gasteiger partial charge in [-0.1, -0.05) is 12.1 Å². The van der Waals surface area contributed by atoms with Gasteiger partial charge in [-0.2, -0.15) is 0 Å². The van der Waals surface area contributed by atoms with Gasteiger partial charge in [0, 0.05) is 12.1 Å². The first-order valence-electron chi connectivity index (χ1n) is 9.65. The zero-order valence-corrected chi connectivity index (χ0v) is 16.7. The van der Waals surface area contributed by atoms with Crippen LogP contribution in [0.3, 0.4) is 0 Å². The Kier molecular flexibility index (Phi) is 6.41. The number of carbonyl (C=O) groups excluding carboxylic acids is 2. The molecule has 0 spiro atoms. The number of aromatic nitrogens is 2. The number of rotatable bonds is 8. The summed E-state index contributed by atoms with van der Waals surface area (Å²) in [7, 11) is 0. The van der Waals surface area contributed by atoms with E-state index >= 15 is 0 Å². The molecule has 0 aliphatic heterocycles. The van der Waals surface area contributed by atoms with Crippen LogP contribution in [0.2, 0.25) is 0 Å². The van der Waals surface area contributed by atoms with Crippen molar-refractivity contribution in [3.63, 3.8) is 0 Å². The van der Waals surface area contributed by atoms with Gasteiger partial charge in [0.25, 0.3) is 5.91 Å². The minimum Gasteiger partial charge on any atom is -0.490 e. The number of nitrogens with one attached hydrogen (secondary N) is 2. The average molecular weight is 400 g/mol. The molecule has 3 rings (SSSR count). The number of alkyl halides is 1.